The Morgan fingerprint density at radius 2 is 1.72 bits per heavy atom. The molecule has 0 aliphatic rings. The Kier molecular flexibility index (Phi) is 5.34. The number of benzene rings is 2. The van der Waals surface area contributed by atoms with Gasteiger partial charge in [-0.05, 0) is 49.2 Å². The van der Waals surface area contributed by atoms with Crippen molar-refractivity contribution in [3.63, 3.8) is 0 Å². The minimum absolute atomic E-state index is 0.129. The van der Waals surface area contributed by atoms with Crippen LogP contribution in [0.5, 0.6) is 0 Å². The minimum atomic E-state index is -0.301. The van der Waals surface area contributed by atoms with E-state index in [4.69, 9.17) is 4.74 Å². The van der Waals surface area contributed by atoms with Gasteiger partial charge in [0, 0.05) is 11.9 Å². The maximum absolute atomic E-state index is 12.6. The number of nitrogens with zero attached hydrogens (tertiary/aromatic N) is 1. The van der Waals surface area contributed by atoms with Crippen LogP contribution in [0.3, 0.4) is 0 Å². The van der Waals surface area contributed by atoms with Crippen molar-refractivity contribution >= 4 is 17.2 Å². The van der Waals surface area contributed by atoms with Crippen LogP contribution in [0.2, 0.25) is 0 Å². The number of aromatic nitrogens is 1. The number of ether oxygens (including phenoxy) is 1. The highest BCUT2D eigenvalue weighted by Gasteiger charge is 2.23. The Morgan fingerprint density at radius 1 is 1.00 bits per heavy atom. The van der Waals surface area contributed by atoms with Crippen LogP contribution in [0.1, 0.15) is 40.1 Å². The first-order valence-electron chi connectivity index (χ1n) is 9.83. The summed E-state index contributed by atoms with van der Waals surface area (Å²) in [6.45, 7) is 4.26. The van der Waals surface area contributed by atoms with Gasteiger partial charge < -0.3 is 14.5 Å². The second kappa shape index (κ2) is 8.23. The average Bonchev–Trinajstić information content (AvgIpc) is 3.14. The first-order chi connectivity index (χ1) is 14.2. The highest BCUT2D eigenvalue weighted by molar-refractivity contribution is 5.97. The molecule has 4 rings (SSSR count). The summed E-state index contributed by atoms with van der Waals surface area (Å²) < 4.78 is 7.36. The van der Waals surface area contributed by atoms with E-state index < -0.39 is 0 Å². The molecule has 4 aromatic rings. The van der Waals surface area contributed by atoms with Gasteiger partial charge in [-0.15, -0.1) is 0 Å². The SMILES string of the molecule is CCOC(=O)c1cc(C(Nc2ccccc2C)c2ccccc2)n2ccccc12. The highest BCUT2D eigenvalue weighted by Crippen LogP contribution is 2.31. The molecule has 4 heteroatoms. The number of hydrogen-bond acceptors (Lipinski definition) is 3. The third-order valence-corrected chi connectivity index (χ3v) is 5.08. The Balaban J connectivity index is 1.88. The minimum Gasteiger partial charge on any atom is -0.462 e. The summed E-state index contributed by atoms with van der Waals surface area (Å²) in [5.41, 5.74) is 5.75. The summed E-state index contributed by atoms with van der Waals surface area (Å²) in [6, 6.07) is 26.2. The molecule has 0 amide bonds. The standard InChI is InChI=1S/C25H24N2O2/c1-3-29-25(28)20-17-23(27-16-10-9-15-22(20)27)24(19-12-5-4-6-13-19)26-21-14-8-7-11-18(21)2/h4-17,24,26H,3H2,1-2H3. The van der Waals surface area contributed by atoms with Crippen LogP contribution in [0, 0.1) is 6.92 Å². The van der Waals surface area contributed by atoms with Gasteiger partial charge in [-0.25, -0.2) is 4.79 Å². The number of aryl methyl sites for hydroxylation is 1. The van der Waals surface area contributed by atoms with Crippen molar-refractivity contribution in [2.24, 2.45) is 0 Å². The molecule has 1 atom stereocenters. The van der Waals surface area contributed by atoms with E-state index in [1.165, 1.54) is 5.56 Å². The largest absolute Gasteiger partial charge is 0.462 e. The Labute approximate surface area is 170 Å². The van der Waals surface area contributed by atoms with Gasteiger partial charge in [-0.1, -0.05) is 54.6 Å². The van der Waals surface area contributed by atoms with Gasteiger partial charge in [0.15, 0.2) is 0 Å². The lowest BCUT2D eigenvalue weighted by Gasteiger charge is -2.22. The van der Waals surface area contributed by atoms with Crippen molar-refractivity contribution in [2.45, 2.75) is 19.9 Å². The molecule has 0 fully saturated rings. The second-order valence-corrected chi connectivity index (χ2v) is 6.96. The van der Waals surface area contributed by atoms with Crippen LogP contribution in [-0.4, -0.2) is 17.0 Å². The summed E-state index contributed by atoms with van der Waals surface area (Å²) in [4.78, 5) is 12.6. The number of hydrogen-bond donors (Lipinski definition) is 1. The normalized spacial score (nSPS) is 11.9. The zero-order chi connectivity index (χ0) is 20.2. The monoisotopic (exact) mass is 384 g/mol. The molecule has 0 radical (unpaired) electrons. The lowest BCUT2D eigenvalue weighted by atomic mass is 10.0. The molecule has 0 aliphatic carbocycles. The van der Waals surface area contributed by atoms with Crippen LogP contribution in [0.25, 0.3) is 5.52 Å². The molecule has 0 bridgehead atoms. The quantitative estimate of drug-likeness (QED) is 0.438. The summed E-state index contributed by atoms with van der Waals surface area (Å²) in [7, 11) is 0. The molecule has 0 aliphatic heterocycles. The van der Waals surface area contributed by atoms with E-state index in [9.17, 15) is 4.79 Å². The number of rotatable bonds is 6. The first-order valence-corrected chi connectivity index (χ1v) is 9.83. The fourth-order valence-electron chi connectivity index (χ4n) is 3.64. The lowest BCUT2D eigenvalue weighted by molar-refractivity contribution is 0.0529. The number of carbonyl (C=O) groups excluding carboxylic acids is 1. The van der Waals surface area contributed by atoms with E-state index in [0.29, 0.717) is 12.2 Å². The van der Waals surface area contributed by atoms with E-state index in [2.05, 4.69) is 40.9 Å². The number of para-hydroxylation sites is 1. The van der Waals surface area contributed by atoms with Crippen molar-refractivity contribution < 1.29 is 9.53 Å². The Morgan fingerprint density at radius 3 is 2.48 bits per heavy atom. The molecule has 2 aromatic heterocycles. The van der Waals surface area contributed by atoms with Gasteiger partial charge >= 0.3 is 5.97 Å². The van der Waals surface area contributed by atoms with Crippen molar-refractivity contribution in [3.8, 4) is 0 Å². The molecular formula is C25H24N2O2. The average molecular weight is 384 g/mol. The third-order valence-electron chi connectivity index (χ3n) is 5.08. The lowest BCUT2D eigenvalue weighted by Crippen LogP contribution is -2.15. The van der Waals surface area contributed by atoms with E-state index in [1.54, 1.807) is 0 Å². The summed E-state index contributed by atoms with van der Waals surface area (Å²) in [6.07, 6.45) is 1.99. The van der Waals surface area contributed by atoms with E-state index >= 15 is 0 Å². The van der Waals surface area contributed by atoms with Crippen LogP contribution >= 0.6 is 0 Å². The number of carbonyl (C=O) groups is 1. The van der Waals surface area contributed by atoms with Crippen LogP contribution in [0.4, 0.5) is 5.69 Å². The van der Waals surface area contributed by atoms with Crippen molar-refractivity contribution in [1.29, 1.82) is 0 Å². The third kappa shape index (κ3) is 3.74. The topological polar surface area (TPSA) is 42.7 Å². The van der Waals surface area contributed by atoms with E-state index in [-0.39, 0.29) is 12.0 Å². The molecule has 1 unspecified atom stereocenters. The first kappa shape index (κ1) is 18.8. The van der Waals surface area contributed by atoms with Crippen molar-refractivity contribution in [3.05, 3.63) is 107 Å². The van der Waals surface area contributed by atoms with Gasteiger partial charge in [0.05, 0.1) is 29.4 Å². The number of anilines is 1. The fraction of sp³-hybridized carbons (Fsp3) is 0.160. The summed E-state index contributed by atoms with van der Waals surface area (Å²) in [5.74, 6) is -0.301. The van der Waals surface area contributed by atoms with Crippen molar-refractivity contribution in [2.75, 3.05) is 11.9 Å². The molecule has 4 nitrogen and oxygen atoms in total. The number of esters is 1. The molecule has 29 heavy (non-hydrogen) atoms. The smallest absolute Gasteiger partial charge is 0.340 e. The molecule has 0 saturated heterocycles. The molecule has 146 valence electrons. The van der Waals surface area contributed by atoms with Gasteiger partial charge in [0.1, 0.15) is 0 Å². The Bertz CT molecular complexity index is 1130. The molecule has 0 saturated carbocycles. The predicted molar refractivity (Wildman–Crippen MR) is 116 cm³/mol. The number of fused-ring (bicyclic) bond motifs is 1. The van der Waals surface area contributed by atoms with Crippen molar-refractivity contribution in [1.82, 2.24) is 4.40 Å². The molecule has 1 N–H and O–H groups in total. The molecule has 0 spiro atoms. The second-order valence-electron chi connectivity index (χ2n) is 6.96. The maximum Gasteiger partial charge on any atom is 0.340 e. The van der Waals surface area contributed by atoms with E-state index in [1.807, 2.05) is 67.7 Å². The predicted octanol–water partition coefficient (Wildman–Crippen LogP) is 5.63. The summed E-state index contributed by atoms with van der Waals surface area (Å²) >= 11 is 0. The van der Waals surface area contributed by atoms with Crippen LogP contribution in [0.15, 0.2) is 85.1 Å². The van der Waals surface area contributed by atoms with E-state index in [0.717, 1.165) is 22.5 Å². The van der Waals surface area contributed by atoms with Crippen LogP contribution < -0.4 is 5.32 Å². The number of nitrogens with one attached hydrogen (secondary N) is 1. The van der Waals surface area contributed by atoms with Gasteiger partial charge in [-0.3, -0.25) is 0 Å². The maximum atomic E-state index is 12.6. The number of pyridine rings is 1. The van der Waals surface area contributed by atoms with Gasteiger partial charge in [0.25, 0.3) is 0 Å². The summed E-state index contributed by atoms with van der Waals surface area (Å²) in [5, 5.41) is 3.68. The Hall–Kier alpha value is -3.53. The molecule has 2 aromatic carbocycles. The molecular weight excluding hydrogens is 360 g/mol. The van der Waals surface area contributed by atoms with Gasteiger partial charge in [0.2, 0.25) is 0 Å². The zero-order valence-electron chi connectivity index (χ0n) is 16.6. The zero-order valence-corrected chi connectivity index (χ0v) is 16.6. The van der Waals surface area contributed by atoms with Gasteiger partial charge in [-0.2, -0.15) is 0 Å². The molecule has 2 heterocycles. The van der Waals surface area contributed by atoms with Crippen LogP contribution in [-0.2, 0) is 4.74 Å². The fourth-order valence-corrected chi connectivity index (χ4v) is 3.64. The highest BCUT2D eigenvalue weighted by atomic mass is 16.5.